The van der Waals surface area contributed by atoms with Gasteiger partial charge in [0.05, 0.1) is 6.04 Å². The summed E-state index contributed by atoms with van der Waals surface area (Å²) in [4.78, 5) is 14.3. The Balaban J connectivity index is 1.97. The van der Waals surface area contributed by atoms with Crippen molar-refractivity contribution in [2.45, 2.75) is 51.5 Å². The predicted molar refractivity (Wildman–Crippen MR) is 57.2 cm³/mol. The van der Waals surface area contributed by atoms with Crippen LogP contribution in [0.1, 0.15) is 45.4 Å². The van der Waals surface area contributed by atoms with Crippen molar-refractivity contribution in [3.05, 3.63) is 0 Å². The maximum Gasteiger partial charge on any atom is 0.149 e. The number of hydrogen-bond donors (Lipinski definition) is 0. The fraction of sp³-hybridized carbons (Fsp3) is 0.917. The average molecular weight is 195 g/mol. The van der Waals surface area contributed by atoms with Gasteiger partial charge in [0.2, 0.25) is 0 Å². The summed E-state index contributed by atoms with van der Waals surface area (Å²) >= 11 is 0. The minimum atomic E-state index is 0.280. The monoisotopic (exact) mass is 195 g/mol. The van der Waals surface area contributed by atoms with E-state index >= 15 is 0 Å². The number of likely N-dealkylation sites (tertiary alicyclic amines) is 1. The minimum absolute atomic E-state index is 0.280. The molecule has 14 heavy (non-hydrogen) atoms. The van der Waals surface area contributed by atoms with Gasteiger partial charge in [0.15, 0.2) is 0 Å². The van der Waals surface area contributed by atoms with Crippen molar-refractivity contribution in [2.24, 2.45) is 5.92 Å². The molecule has 0 aromatic rings. The summed E-state index contributed by atoms with van der Waals surface area (Å²) in [6.45, 7) is 4.59. The van der Waals surface area contributed by atoms with Gasteiger partial charge in [-0.15, -0.1) is 0 Å². The molecule has 1 saturated carbocycles. The molecular formula is C12H21NO. The highest BCUT2D eigenvalue weighted by molar-refractivity contribution is 5.84. The first-order valence-electron chi connectivity index (χ1n) is 6.04. The highest BCUT2D eigenvalue weighted by Gasteiger charge is 2.30. The number of carbonyl (C=O) groups excluding carboxylic acids is 1. The van der Waals surface area contributed by atoms with Gasteiger partial charge in [-0.2, -0.15) is 0 Å². The second kappa shape index (κ2) is 4.43. The predicted octanol–water partition coefficient (Wildman–Crippen LogP) is 2.23. The Kier molecular flexibility index (Phi) is 3.22. The fourth-order valence-electron chi connectivity index (χ4n) is 2.78. The van der Waals surface area contributed by atoms with Crippen LogP contribution in [0.25, 0.3) is 0 Å². The van der Waals surface area contributed by atoms with Crippen LogP contribution in [-0.2, 0) is 4.79 Å². The summed E-state index contributed by atoms with van der Waals surface area (Å²) in [5, 5.41) is 0. The summed E-state index contributed by atoms with van der Waals surface area (Å²) in [7, 11) is 0. The molecule has 0 N–H and O–H groups in total. The normalized spacial score (nSPS) is 35.9. The van der Waals surface area contributed by atoms with Crippen LogP contribution in [0.2, 0.25) is 0 Å². The van der Waals surface area contributed by atoms with Crippen LogP contribution in [0.4, 0.5) is 0 Å². The summed E-state index contributed by atoms with van der Waals surface area (Å²) in [6, 6.07) is 0.280. The van der Waals surface area contributed by atoms with Gasteiger partial charge in [0.25, 0.3) is 0 Å². The van der Waals surface area contributed by atoms with Gasteiger partial charge >= 0.3 is 0 Å². The number of rotatable bonds is 1. The zero-order valence-corrected chi connectivity index (χ0v) is 9.17. The third-order valence-corrected chi connectivity index (χ3v) is 3.67. The van der Waals surface area contributed by atoms with Crippen molar-refractivity contribution < 1.29 is 4.79 Å². The van der Waals surface area contributed by atoms with Gasteiger partial charge in [-0.25, -0.2) is 0 Å². The van der Waals surface area contributed by atoms with E-state index in [4.69, 9.17) is 0 Å². The maximum atomic E-state index is 11.9. The molecule has 2 unspecified atom stereocenters. The van der Waals surface area contributed by atoms with Crippen molar-refractivity contribution >= 4 is 5.78 Å². The molecule has 2 rings (SSSR count). The zero-order chi connectivity index (χ0) is 9.97. The molecule has 1 heterocycles. The Morgan fingerprint density at radius 1 is 1.21 bits per heavy atom. The number of carbonyl (C=O) groups is 1. The van der Waals surface area contributed by atoms with Crippen LogP contribution < -0.4 is 0 Å². The van der Waals surface area contributed by atoms with E-state index in [2.05, 4.69) is 11.8 Å². The molecule has 0 spiro atoms. The van der Waals surface area contributed by atoms with E-state index in [1.807, 2.05) is 0 Å². The fourth-order valence-corrected chi connectivity index (χ4v) is 2.78. The van der Waals surface area contributed by atoms with Crippen LogP contribution >= 0.6 is 0 Å². The molecule has 2 atom stereocenters. The molecule has 2 nitrogen and oxygen atoms in total. The van der Waals surface area contributed by atoms with Gasteiger partial charge < -0.3 is 0 Å². The highest BCUT2D eigenvalue weighted by Crippen LogP contribution is 2.24. The Labute approximate surface area is 86.7 Å². The van der Waals surface area contributed by atoms with E-state index in [0.29, 0.717) is 5.78 Å². The summed E-state index contributed by atoms with van der Waals surface area (Å²) in [5.74, 6) is 1.31. The van der Waals surface area contributed by atoms with Crippen LogP contribution in [0.3, 0.4) is 0 Å². The SMILES string of the molecule is CC1CCN(C2CCCCCC2=O)C1. The Bertz CT molecular complexity index is 214. The number of Topliss-reactive ketones (excluding diaryl/α,β-unsaturated/α-hetero) is 1. The molecule has 80 valence electrons. The lowest BCUT2D eigenvalue weighted by molar-refractivity contribution is -0.123. The molecule has 0 aromatic carbocycles. The minimum Gasteiger partial charge on any atom is -0.298 e. The standard InChI is InChI=1S/C12H21NO/c1-10-7-8-13(9-10)11-5-3-2-4-6-12(11)14/h10-11H,2-9H2,1H3. The third kappa shape index (κ3) is 2.17. The van der Waals surface area contributed by atoms with Crippen molar-refractivity contribution in [3.63, 3.8) is 0 Å². The van der Waals surface area contributed by atoms with Crippen molar-refractivity contribution in [3.8, 4) is 0 Å². The van der Waals surface area contributed by atoms with E-state index in [9.17, 15) is 4.79 Å². The van der Waals surface area contributed by atoms with E-state index in [-0.39, 0.29) is 6.04 Å². The average Bonchev–Trinajstić information content (AvgIpc) is 2.46. The first-order chi connectivity index (χ1) is 6.77. The maximum absolute atomic E-state index is 11.9. The molecule has 1 saturated heterocycles. The molecule has 0 bridgehead atoms. The van der Waals surface area contributed by atoms with Gasteiger partial charge in [-0.3, -0.25) is 9.69 Å². The molecule has 0 radical (unpaired) electrons. The zero-order valence-electron chi connectivity index (χ0n) is 9.17. The van der Waals surface area contributed by atoms with Crippen molar-refractivity contribution in [1.82, 2.24) is 4.90 Å². The second-order valence-corrected chi connectivity index (χ2v) is 4.97. The summed E-state index contributed by atoms with van der Waals surface area (Å²) < 4.78 is 0. The van der Waals surface area contributed by atoms with Gasteiger partial charge in [0.1, 0.15) is 5.78 Å². The van der Waals surface area contributed by atoms with Crippen molar-refractivity contribution in [2.75, 3.05) is 13.1 Å². The van der Waals surface area contributed by atoms with Crippen LogP contribution in [-0.4, -0.2) is 29.8 Å². The largest absolute Gasteiger partial charge is 0.298 e. The van der Waals surface area contributed by atoms with E-state index in [1.54, 1.807) is 0 Å². The highest BCUT2D eigenvalue weighted by atomic mass is 16.1. The lowest BCUT2D eigenvalue weighted by Gasteiger charge is -2.25. The summed E-state index contributed by atoms with van der Waals surface area (Å²) in [5.41, 5.74) is 0. The smallest absolute Gasteiger partial charge is 0.149 e. The lowest BCUT2D eigenvalue weighted by atomic mass is 10.1. The number of nitrogens with zero attached hydrogens (tertiary/aromatic N) is 1. The van der Waals surface area contributed by atoms with Gasteiger partial charge in [-0.05, 0) is 31.7 Å². The van der Waals surface area contributed by atoms with Gasteiger partial charge in [0, 0.05) is 13.0 Å². The van der Waals surface area contributed by atoms with Crippen LogP contribution in [0.15, 0.2) is 0 Å². The quantitative estimate of drug-likeness (QED) is 0.598. The molecule has 0 amide bonds. The first kappa shape index (κ1) is 10.2. The van der Waals surface area contributed by atoms with Gasteiger partial charge in [-0.1, -0.05) is 19.8 Å². The molecular weight excluding hydrogens is 174 g/mol. The van der Waals surface area contributed by atoms with E-state index in [0.717, 1.165) is 38.3 Å². The Hall–Kier alpha value is -0.370. The molecule has 1 aliphatic carbocycles. The topological polar surface area (TPSA) is 20.3 Å². The van der Waals surface area contributed by atoms with Crippen LogP contribution in [0.5, 0.6) is 0 Å². The first-order valence-corrected chi connectivity index (χ1v) is 6.04. The Morgan fingerprint density at radius 3 is 2.79 bits per heavy atom. The van der Waals surface area contributed by atoms with E-state index < -0.39 is 0 Å². The Morgan fingerprint density at radius 2 is 2.07 bits per heavy atom. The number of ketones is 1. The molecule has 2 heteroatoms. The summed E-state index contributed by atoms with van der Waals surface area (Å²) in [6.07, 6.45) is 6.86. The molecule has 0 aromatic heterocycles. The molecule has 2 aliphatic rings. The van der Waals surface area contributed by atoms with Crippen molar-refractivity contribution in [1.29, 1.82) is 0 Å². The number of hydrogen-bond acceptors (Lipinski definition) is 2. The molecule has 1 aliphatic heterocycles. The van der Waals surface area contributed by atoms with E-state index in [1.165, 1.54) is 19.3 Å². The third-order valence-electron chi connectivity index (χ3n) is 3.67. The lowest BCUT2D eigenvalue weighted by Crippen LogP contribution is -2.38. The van der Waals surface area contributed by atoms with Crippen LogP contribution in [0, 0.1) is 5.92 Å². The molecule has 2 fully saturated rings. The second-order valence-electron chi connectivity index (χ2n) is 4.97.